The molecule has 0 saturated carbocycles. The molecular formula is C16H28N2O2S2. The van der Waals surface area contributed by atoms with E-state index in [-0.39, 0.29) is 0 Å². The summed E-state index contributed by atoms with van der Waals surface area (Å²) in [6, 6.07) is 0. The number of rotatable bonds is 5. The highest BCUT2D eigenvalue weighted by Gasteiger charge is 2.47. The maximum Gasteiger partial charge on any atom is 0.0901 e. The van der Waals surface area contributed by atoms with Crippen molar-refractivity contribution in [3.8, 4) is 0 Å². The van der Waals surface area contributed by atoms with Crippen LogP contribution in [0.15, 0.2) is 0 Å². The van der Waals surface area contributed by atoms with Crippen molar-refractivity contribution < 1.29 is 10.2 Å². The smallest absolute Gasteiger partial charge is 0.0901 e. The van der Waals surface area contributed by atoms with Crippen LogP contribution in [0.2, 0.25) is 0 Å². The van der Waals surface area contributed by atoms with Gasteiger partial charge in [-0.1, -0.05) is 21.6 Å². The van der Waals surface area contributed by atoms with E-state index in [2.05, 4.69) is 9.80 Å². The molecule has 6 rings (SSSR count). The molecule has 6 fully saturated rings. The summed E-state index contributed by atoms with van der Waals surface area (Å²) < 4.78 is 0. The van der Waals surface area contributed by atoms with E-state index in [0.717, 1.165) is 50.3 Å². The van der Waals surface area contributed by atoms with Gasteiger partial charge in [-0.05, 0) is 63.7 Å². The second-order valence-corrected chi connectivity index (χ2v) is 10.3. The molecule has 0 amide bonds. The first-order valence-electron chi connectivity index (χ1n) is 8.71. The first-order valence-corrected chi connectivity index (χ1v) is 11.2. The van der Waals surface area contributed by atoms with E-state index in [0.29, 0.717) is 11.8 Å². The molecule has 6 aliphatic heterocycles. The molecular weight excluding hydrogens is 316 g/mol. The van der Waals surface area contributed by atoms with Crippen molar-refractivity contribution in [3.05, 3.63) is 0 Å². The number of nitrogens with zero attached hydrogens (tertiary/aromatic N) is 2. The Hall–Kier alpha value is 0.540. The summed E-state index contributed by atoms with van der Waals surface area (Å²) in [6.07, 6.45) is 4.62. The number of hydrogen-bond acceptors (Lipinski definition) is 6. The van der Waals surface area contributed by atoms with Gasteiger partial charge in [0.25, 0.3) is 0 Å². The molecule has 0 aromatic heterocycles. The van der Waals surface area contributed by atoms with E-state index < -0.39 is 11.2 Å². The van der Waals surface area contributed by atoms with Crippen LogP contribution >= 0.6 is 21.6 Å². The van der Waals surface area contributed by atoms with E-state index in [1.807, 2.05) is 0 Å². The topological polar surface area (TPSA) is 46.9 Å². The van der Waals surface area contributed by atoms with Gasteiger partial charge in [-0.15, -0.1) is 0 Å². The highest BCUT2D eigenvalue weighted by Crippen LogP contribution is 2.43. The summed E-state index contributed by atoms with van der Waals surface area (Å²) >= 11 is 0. The van der Waals surface area contributed by atoms with Crippen molar-refractivity contribution in [1.29, 1.82) is 0 Å². The highest BCUT2D eigenvalue weighted by molar-refractivity contribution is 8.76. The van der Waals surface area contributed by atoms with Gasteiger partial charge in [0, 0.05) is 24.6 Å². The Labute approximate surface area is 141 Å². The van der Waals surface area contributed by atoms with E-state index >= 15 is 0 Å². The summed E-state index contributed by atoms with van der Waals surface area (Å²) in [5, 5.41) is 21.8. The van der Waals surface area contributed by atoms with Crippen molar-refractivity contribution in [3.63, 3.8) is 0 Å². The molecule has 2 atom stereocenters. The third-order valence-electron chi connectivity index (χ3n) is 6.39. The second-order valence-electron chi connectivity index (χ2n) is 7.83. The van der Waals surface area contributed by atoms with Crippen LogP contribution in [0, 0.1) is 11.8 Å². The summed E-state index contributed by atoms with van der Waals surface area (Å²) in [4.78, 5) is 4.82. The van der Waals surface area contributed by atoms with Crippen LogP contribution in [0.1, 0.15) is 25.7 Å². The second kappa shape index (κ2) is 6.12. The molecule has 0 aliphatic carbocycles. The van der Waals surface area contributed by atoms with Crippen molar-refractivity contribution in [2.45, 2.75) is 36.9 Å². The Morgan fingerprint density at radius 1 is 0.727 bits per heavy atom. The van der Waals surface area contributed by atoms with Gasteiger partial charge in [0.15, 0.2) is 0 Å². The highest BCUT2D eigenvalue weighted by atomic mass is 33.1. The fraction of sp³-hybridized carbons (Fsp3) is 1.00. The monoisotopic (exact) mass is 344 g/mol. The van der Waals surface area contributed by atoms with Crippen molar-refractivity contribution in [1.82, 2.24) is 9.80 Å². The Balaban J connectivity index is 1.26. The largest absolute Gasteiger partial charge is 0.387 e. The zero-order valence-electron chi connectivity index (χ0n) is 13.2. The predicted molar refractivity (Wildman–Crippen MR) is 93.1 cm³/mol. The van der Waals surface area contributed by atoms with Gasteiger partial charge in [0.05, 0.1) is 11.2 Å². The Kier molecular flexibility index (Phi) is 4.46. The van der Waals surface area contributed by atoms with E-state index in [1.165, 1.54) is 26.2 Å². The molecule has 126 valence electrons. The minimum atomic E-state index is -0.494. The Morgan fingerprint density at radius 3 is 1.36 bits per heavy atom. The van der Waals surface area contributed by atoms with E-state index in [9.17, 15) is 10.2 Å². The molecule has 4 bridgehead atoms. The van der Waals surface area contributed by atoms with E-state index in [1.54, 1.807) is 21.6 Å². The molecule has 4 nitrogen and oxygen atoms in total. The zero-order chi connectivity index (χ0) is 15.2. The van der Waals surface area contributed by atoms with Gasteiger partial charge in [-0.25, -0.2) is 0 Å². The maximum atomic E-state index is 10.9. The van der Waals surface area contributed by atoms with Gasteiger partial charge >= 0.3 is 0 Å². The molecule has 0 radical (unpaired) electrons. The number of aliphatic hydroxyl groups is 2. The fourth-order valence-corrected chi connectivity index (χ4v) is 7.86. The lowest BCUT2D eigenvalue weighted by atomic mass is 9.76. The van der Waals surface area contributed by atoms with Crippen LogP contribution in [-0.2, 0) is 0 Å². The molecule has 6 heterocycles. The lowest BCUT2D eigenvalue weighted by Crippen LogP contribution is -2.60. The van der Waals surface area contributed by atoms with Crippen LogP contribution in [-0.4, -0.2) is 82.0 Å². The van der Waals surface area contributed by atoms with Crippen LogP contribution in [0.5, 0.6) is 0 Å². The quantitative estimate of drug-likeness (QED) is 0.579. The van der Waals surface area contributed by atoms with Crippen molar-refractivity contribution >= 4 is 21.6 Å². The lowest BCUT2D eigenvalue weighted by molar-refractivity contribution is -0.0955. The molecule has 0 spiro atoms. The van der Waals surface area contributed by atoms with Crippen LogP contribution in [0.4, 0.5) is 0 Å². The van der Waals surface area contributed by atoms with Gasteiger partial charge in [-0.2, -0.15) is 0 Å². The summed E-state index contributed by atoms with van der Waals surface area (Å²) in [5.74, 6) is 2.60. The van der Waals surface area contributed by atoms with Crippen LogP contribution in [0.25, 0.3) is 0 Å². The molecule has 22 heavy (non-hydrogen) atoms. The van der Waals surface area contributed by atoms with Crippen LogP contribution in [0.3, 0.4) is 0 Å². The molecule has 6 heteroatoms. The molecule has 2 N–H and O–H groups in total. The summed E-state index contributed by atoms with van der Waals surface area (Å²) in [7, 11) is 3.56. The Morgan fingerprint density at radius 2 is 1.09 bits per heavy atom. The average molecular weight is 345 g/mol. The predicted octanol–water partition coefficient (Wildman–Crippen LogP) is 1.28. The lowest BCUT2D eigenvalue weighted by Gasteiger charge is -2.51. The maximum absolute atomic E-state index is 10.9. The van der Waals surface area contributed by atoms with Gasteiger partial charge < -0.3 is 20.0 Å². The fourth-order valence-electron chi connectivity index (χ4n) is 4.90. The third kappa shape index (κ3) is 2.95. The SMILES string of the molecule is OC1(CSSCC2(O)CN3CCC2CC3)CN2CCC1CC2. The molecule has 2 unspecified atom stereocenters. The number of piperidine rings is 6. The zero-order valence-corrected chi connectivity index (χ0v) is 14.9. The minimum Gasteiger partial charge on any atom is -0.387 e. The summed E-state index contributed by atoms with van der Waals surface area (Å²) in [6.45, 7) is 6.38. The molecule has 0 aromatic rings. The third-order valence-corrected chi connectivity index (χ3v) is 9.00. The normalized spacial score (nSPS) is 50.5. The number of hydrogen-bond donors (Lipinski definition) is 2. The standard InChI is InChI=1S/C16H28N2O2S2/c19-15(9-17-5-1-13(15)2-6-17)11-21-22-12-16(20)10-18-7-3-14(16)4-8-18/h13-14,19-20H,1-12H2. The first-order chi connectivity index (χ1) is 10.6. The van der Waals surface area contributed by atoms with Crippen molar-refractivity contribution in [2.24, 2.45) is 11.8 Å². The minimum absolute atomic E-state index is 0.491. The molecule has 6 aliphatic rings. The summed E-state index contributed by atoms with van der Waals surface area (Å²) in [5.41, 5.74) is -0.988. The van der Waals surface area contributed by atoms with Gasteiger partial charge in [-0.3, -0.25) is 0 Å². The van der Waals surface area contributed by atoms with Gasteiger partial charge in [0.1, 0.15) is 0 Å². The molecule has 6 saturated heterocycles. The van der Waals surface area contributed by atoms with Crippen molar-refractivity contribution in [2.75, 3.05) is 50.8 Å². The molecule has 0 aromatic carbocycles. The number of fused-ring (bicyclic) bond motifs is 6. The van der Waals surface area contributed by atoms with Gasteiger partial charge in [0.2, 0.25) is 0 Å². The average Bonchev–Trinajstić information content (AvgIpc) is 2.53. The van der Waals surface area contributed by atoms with E-state index in [4.69, 9.17) is 0 Å². The Bertz CT molecular complexity index is 373. The first kappa shape index (κ1) is 16.0. The van der Waals surface area contributed by atoms with Crippen LogP contribution < -0.4 is 0 Å².